The number of nitrogens with one attached hydrogen (secondary N) is 1. The van der Waals surface area contributed by atoms with Crippen LogP contribution < -0.4 is 5.32 Å². The molecule has 3 N–H and O–H groups in total. The first-order valence-corrected chi connectivity index (χ1v) is 13.3. The lowest BCUT2D eigenvalue weighted by molar-refractivity contribution is -0.207. The number of Topliss-reactive ketones (excluding diaryl/α,β-unsaturated/α-hetero) is 1. The van der Waals surface area contributed by atoms with E-state index in [1.54, 1.807) is 32.2 Å². The Morgan fingerprint density at radius 3 is 2.47 bits per heavy atom. The average molecular weight is 524 g/mol. The molecular formula is C30H37NO7. The fourth-order valence-corrected chi connectivity index (χ4v) is 8.05. The van der Waals surface area contributed by atoms with E-state index in [-0.39, 0.29) is 12.4 Å². The molecule has 1 aromatic rings. The van der Waals surface area contributed by atoms with Gasteiger partial charge in [0.25, 0.3) is 0 Å². The largest absolute Gasteiger partial charge is 0.454 e. The second kappa shape index (κ2) is 8.78. The van der Waals surface area contributed by atoms with Crippen molar-refractivity contribution < 1.29 is 34.1 Å². The zero-order valence-electron chi connectivity index (χ0n) is 22.8. The maximum Gasteiger partial charge on any atom is 0.340 e. The van der Waals surface area contributed by atoms with Gasteiger partial charge in [-0.25, -0.2) is 4.79 Å². The molecule has 8 heteroatoms. The summed E-state index contributed by atoms with van der Waals surface area (Å²) in [6.45, 7) is 8.58. The van der Waals surface area contributed by atoms with Crippen LogP contribution >= 0.6 is 0 Å². The number of carbonyl (C=O) groups excluding carboxylic acids is 3. The third-order valence-corrected chi connectivity index (χ3v) is 9.85. The molecule has 8 nitrogen and oxygen atoms in total. The van der Waals surface area contributed by atoms with Gasteiger partial charge in [0.05, 0.1) is 17.8 Å². The van der Waals surface area contributed by atoms with Crippen LogP contribution in [0.2, 0.25) is 0 Å². The molecule has 4 aliphatic rings. The van der Waals surface area contributed by atoms with Crippen molar-refractivity contribution in [2.75, 3.05) is 19.0 Å². The second-order valence-electron chi connectivity index (χ2n) is 11.9. The van der Waals surface area contributed by atoms with Crippen LogP contribution in [-0.4, -0.2) is 58.9 Å². The Labute approximate surface area is 223 Å². The van der Waals surface area contributed by atoms with E-state index < -0.39 is 64.2 Å². The van der Waals surface area contributed by atoms with Crippen LogP contribution in [0.25, 0.3) is 0 Å². The molecule has 0 bridgehead atoms. The van der Waals surface area contributed by atoms with Gasteiger partial charge < -0.3 is 25.0 Å². The minimum absolute atomic E-state index is 0.0426. The third kappa shape index (κ3) is 3.39. The van der Waals surface area contributed by atoms with Crippen molar-refractivity contribution in [3.8, 4) is 0 Å². The lowest BCUT2D eigenvalue weighted by Gasteiger charge is -2.52. The Morgan fingerprint density at radius 2 is 1.84 bits per heavy atom. The van der Waals surface area contributed by atoms with Gasteiger partial charge in [-0.05, 0) is 36.6 Å². The number of carbonyl (C=O) groups is 3. The Kier molecular flexibility index (Phi) is 6.15. The van der Waals surface area contributed by atoms with Gasteiger partial charge in [-0.2, -0.15) is 0 Å². The van der Waals surface area contributed by atoms with Gasteiger partial charge in [0.2, 0.25) is 0 Å². The van der Waals surface area contributed by atoms with Gasteiger partial charge in [-0.1, -0.05) is 45.1 Å². The second-order valence-corrected chi connectivity index (χ2v) is 11.9. The molecule has 0 aliphatic heterocycles. The maximum atomic E-state index is 13.6. The van der Waals surface area contributed by atoms with Crippen molar-refractivity contribution >= 4 is 23.4 Å². The molecule has 204 valence electrons. The first kappa shape index (κ1) is 26.6. The molecule has 5 rings (SSSR count). The summed E-state index contributed by atoms with van der Waals surface area (Å²) in [4.78, 5) is 39.3. The van der Waals surface area contributed by atoms with Crippen molar-refractivity contribution in [3.63, 3.8) is 0 Å². The molecule has 2 fully saturated rings. The molecule has 38 heavy (non-hydrogen) atoms. The quantitative estimate of drug-likeness (QED) is 0.397. The standard InChI is InChI=1S/C30H37NO7/c1-15-11-21-20(24(15)34)12-18(14-32)13-22-25-28(4,5)30(25,38-17(3)33)26(16(2)29(21,22)36)37-27(35)19-9-7-8-10-23(19)31-6/h7-11,13,16,20-22,25-26,31-32,36H,12,14H2,1-6H3/t16-,20-,21-,22+,25-,26-,29+,30-/m1/s1. The van der Waals surface area contributed by atoms with Gasteiger partial charge >= 0.3 is 11.9 Å². The van der Waals surface area contributed by atoms with Gasteiger partial charge in [-0.3, -0.25) is 9.59 Å². The number of benzene rings is 1. The molecule has 8 atom stereocenters. The molecule has 0 amide bonds. The van der Waals surface area contributed by atoms with E-state index >= 15 is 0 Å². The highest BCUT2D eigenvalue weighted by Crippen LogP contribution is 2.77. The van der Waals surface area contributed by atoms with Gasteiger partial charge in [0, 0.05) is 54.7 Å². The highest BCUT2D eigenvalue weighted by atomic mass is 16.6. The summed E-state index contributed by atoms with van der Waals surface area (Å²) in [6, 6.07) is 6.98. The summed E-state index contributed by atoms with van der Waals surface area (Å²) in [5.41, 5.74) is -1.13. The Balaban J connectivity index is 1.67. The summed E-state index contributed by atoms with van der Waals surface area (Å²) >= 11 is 0. The molecule has 0 radical (unpaired) electrons. The first-order valence-electron chi connectivity index (χ1n) is 13.3. The lowest BCUT2D eigenvalue weighted by Crippen LogP contribution is -2.63. The van der Waals surface area contributed by atoms with Crippen molar-refractivity contribution in [3.05, 3.63) is 53.1 Å². The number of aliphatic hydroxyl groups is 2. The van der Waals surface area contributed by atoms with Gasteiger partial charge in [0.1, 0.15) is 6.10 Å². The number of hydrogen-bond acceptors (Lipinski definition) is 8. The van der Waals surface area contributed by atoms with Crippen molar-refractivity contribution in [2.24, 2.45) is 35.0 Å². The normalized spacial score (nSPS) is 38.5. The topological polar surface area (TPSA) is 122 Å². The Hall–Kier alpha value is -2.97. The summed E-state index contributed by atoms with van der Waals surface area (Å²) in [6.07, 6.45) is 3.09. The summed E-state index contributed by atoms with van der Waals surface area (Å²) in [5.74, 6) is -3.82. The number of anilines is 1. The van der Waals surface area contributed by atoms with E-state index in [0.29, 0.717) is 28.8 Å². The van der Waals surface area contributed by atoms with E-state index in [1.165, 1.54) is 6.92 Å². The SMILES string of the molecule is CNc1ccccc1C(=O)O[C@@H]1[C@@H](C)[C@]2(O)[C@@H]3C=C(C)C(=O)[C@@H]3CC(CO)=C[C@H]2[C@@H]2C(C)(C)[C@]12OC(C)=O. The van der Waals surface area contributed by atoms with E-state index in [1.807, 2.05) is 39.0 Å². The average Bonchev–Trinajstić information content (AvgIpc) is 3.27. The van der Waals surface area contributed by atoms with E-state index in [0.717, 1.165) is 0 Å². The van der Waals surface area contributed by atoms with Crippen LogP contribution in [0.4, 0.5) is 5.69 Å². The van der Waals surface area contributed by atoms with Crippen LogP contribution in [0.3, 0.4) is 0 Å². The van der Waals surface area contributed by atoms with E-state index in [2.05, 4.69) is 5.32 Å². The molecule has 0 heterocycles. The van der Waals surface area contributed by atoms with Gasteiger partial charge in [-0.15, -0.1) is 0 Å². The van der Waals surface area contributed by atoms with Crippen molar-refractivity contribution in [2.45, 2.75) is 58.3 Å². The van der Waals surface area contributed by atoms with Crippen molar-refractivity contribution in [1.29, 1.82) is 0 Å². The number of ether oxygens (including phenoxy) is 2. The number of rotatable bonds is 5. The van der Waals surface area contributed by atoms with Crippen LogP contribution in [0.1, 0.15) is 51.4 Å². The van der Waals surface area contributed by atoms with Crippen LogP contribution in [0.15, 0.2) is 47.6 Å². The van der Waals surface area contributed by atoms with Crippen molar-refractivity contribution in [1.82, 2.24) is 0 Å². The minimum atomic E-state index is -1.48. The smallest absolute Gasteiger partial charge is 0.340 e. The first-order chi connectivity index (χ1) is 17.9. The molecule has 1 aromatic carbocycles. The molecule has 2 saturated carbocycles. The Bertz CT molecular complexity index is 1260. The van der Waals surface area contributed by atoms with Crippen LogP contribution in [0.5, 0.6) is 0 Å². The lowest BCUT2D eigenvalue weighted by atomic mass is 9.60. The van der Waals surface area contributed by atoms with Gasteiger partial charge in [0.15, 0.2) is 11.4 Å². The molecule has 4 aliphatic carbocycles. The number of hydrogen-bond donors (Lipinski definition) is 3. The minimum Gasteiger partial charge on any atom is -0.454 e. The number of esters is 2. The summed E-state index contributed by atoms with van der Waals surface area (Å²) < 4.78 is 12.3. The number of aliphatic hydroxyl groups excluding tert-OH is 1. The maximum absolute atomic E-state index is 13.6. The Morgan fingerprint density at radius 1 is 1.16 bits per heavy atom. The number of allylic oxidation sites excluding steroid dienone is 1. The number of fused-ring (bicyclic) bond motifs is 5. The number of para-hydroxylation sites is 1. The highest BCUT2D eigenvalue weighted by molar-refractivity contribution is 6.00. The molecule has 0 aromatic heterocycles. The molecule has 0 unspecified atom stereocenters. The molecule has 0 spiro atoms. The zero-order chi connectivity index (χ0) is 27.8. The predicted octanol–water partition coefficient (Wildman–Crippen LogP) is 3.29. The predicted molar refractivity (Wildman–Crippen MR) is 140 cm³/mol. The summed E-state index contributed by atoms with van der Waals surface area (Å²) in [7, 11) is 1.71. The highest BCUT2D eigenvalue weighted by Gasteiger charge is 2.87. The van der Waals surface area contributed by atoms with E-state index in [9.17, 15) is 24.6 Å². The fraction of sp³-hybridized carbons (Fsp3) is 0.567. The third-order valence-electron chi connectivity index (χ3n) is 9.85. The van der Waals surface area contributed by atoms with E-state index in [4.69, 9.17) is 9.47 Å². The number of ketones is 1. The molecular weight excluding hydrogens is 486 g/mol. The molecule has 0 saturated heterocycles. The van der Waals surface area contributed by atoms with Crippen LogP contribution in [0, 0.1) is 35.0 Å². The zero-order valence-corrected chi connectivity index (χ0v) is 22.8. The fourth-order valence-electron chi connectivity index (χ4n) is 8.05. The van der Waals surface area contributed by atoms with Crippen LogP contribution in [-0.2, 0) is 19.1 Å². The monoisotopic (exact) mass is 523 g/mol. The summed E-state index contributed by atoms with van der Waals surface area (Å²) in [5, 5.41) is 25.9.